The lowest BCUT2D eigenvalue weighted by molar-refractivity contribution is -0.216. The molecule has 5 heteroatoms. The highest BCUT2D eigenvalue weighted by atomic mass is 16.8. The van der Waals surface area contributed by atoms with Crippen LogP contribution in [0.2, 0.25) is 0 Å². The molecule has 2 saturated heterocycles. The van der Waals surface area contributed by atoms with Crippen molar-refractivity contribution in [2.24, 2.45) is 0 Å². The zero-order valence-corrected chi connectivity index (χ0v) is 11.5. The number of aldehydes is 1. The topological polar surface area (TPSA) is 54.0 Å². The molecule has 4 atom stereocenters. The van der Waals surface area contributed by atoms with Gasteiger partial charge in [-0.05, 0) is 19.4 Å². The van der Waals surface area contributed by atoms with Crippen LogP contribution in [-0.2, 0) is 30.3 Å². The summed E-state index contributed by atoms with van der Waals surface area (Å²) in [6.07, 6.45) is -1.26. The molecule has 0 radical (unpaired) electrons. The quantitative estimate of drug-likeness (QED) is 0.784. The molecule has 2 aliphatic rings. The van der Waals surface area contributed by atoms with Crippen molar-refractivity contribution in [1.29, 1.82) is 0 Å². The van der Waals surface area contributed by atoms with Gasteiger partial charge in [-0.3, -0.25) is 0 Å². The van der Waals surface area contributed by atoms with Crippen molar-refractivity contribution in [2.45, 2.75) is 50.8 Å². The Labute approximate surface area is 117 Å². The Morgan fingerprint density at radius 3 is 2.70 bits per heavy atom. The molecule has 3 rings (SSSR count). The van der Waals surface area contributed by atoms with E-state index in [9.17, 15) is 4.79 Å². The SMILES string of the molecule is CC1(C)O[C@@H]2O[C@H](C=O)[C@H](OCc3ccccc3)[C@H]2O1. The Balaban J connectivity index is 1.68. The minimum Gasteiger partial charge on any atom is -0.367 e. The third-order valence-corrected chi connectivity index (χ3v) is 3.45. The third-order valence-electron chi connectivity index (χ3n) is 3.45. The van der Waals surface area contributed by atoms with Crippen LogP contribution in [0.3, 0.4) is 0 Å². The van der Waals surface area contributed by atoms with Crippen LogP contribution < -0.4 is 0 Å². The van der Waals surface area contributed by atoms with Gasteiger partial charge in [-0.1, -0.05) is 30.3 Å². The fourth-order valence-electron chi connectivity index (χ4n) is 2.57. The third kappa shape index (κ3) is 2.62. The zero-order chi connectivity index (χ0) is 14.2. The number of hydrogen-bond acceptors (Lipinski definition) is 5. The Kier molecular flexibility index (Phi) is 3.60. The predicted octanol–water partition coefficient (Wildman–Crippen LogP) is 1.65. The smallest absolute Gasteiger partial charge is 0.190 e. The molecule has 0 bridgehead atoms. The predicted molar refractivity (Wildman–Crippen MR) is 69.8 cm³/mol. The molecule has 0 N–H and O–H groups in total. The van der Waals surface area contributed by atoms with Gasteiger partial charge in [-0.15, -0.1) is 0 Å². The summed E-state index contributed by atoms with van der Waals surface area (Å²) >= 11 is 0. The van der Waals surface area contributed by atoms with Gasteiger partial charge in [0.05, 0.1) is 6.61 Å². The number of ether oxygens (including phenoxy) is 4. The van der Waals surface area contributed by atoms with E-state index in [1.54, 1.807) is 0 Å². The minimum atomic E-state index is -0.711. The fraction of sp³-hybridized carbons (Fsp3) is 0.533. The number of carbonyl (C=O) groups is 1. The Bertz CT molecular complexity index is 472. The molecule has 1 aromatic carbocycles. The van der Waals surface area contributed by atoms with Gasteiger partial charge in [-0.25, -0.2) is 0 Å². The molecule has 2 heterocycles. The first kappa shape index (κ1) is 13.7. The molecule has 0 aromatic heterocycles. The minimum absolute atomic E-state index is 0.371. The number of fused-ring (bicyclic) bond motifs is 1. The number of hydrogen-bond donors (Lipinski definition) is 0. The van der Waals surface area contributed by atoms with Gasteiger partial charge in [-0.2, -0.15) is 0 Å². The fourth-order valence-corrected chi connectivity index (χ4v) is 2.57. The Morgan fingerprint density at radius 1 is 1.25 bits per heavy atom. The highest BCUT2D eigenvalue weighted by Gasteiger charge is 2.55. The highest BCUT2D eigenvalue weighted by Crippen LogP contribution is 2.38. The molecule has 20 heavy (non-hydrogen) atoms. The summed E-state index contributed by atoms with van der Waals surface area (Å²) in [6.45, 7) is 4.05. The second-order valence-corrected chi connectivity index (χ2v) is 5.47. The van der Waals surface area contributed by atoms with Gasteiger partial charge in [0.1, 0.15) is 18.3 Å². The van der Waals surface area contributed by atoms with Crippen molar-refractivity contribution < 1.29 is 23.7 Å². The van der Waals surface area contributed by atoms with Crippen LogP contribution >= 0.6 is 0 Å². The van der Waals surface area contributed by atoms with E-state index in [2.05, 4.69) is 0 Å². The van der Waals surface area contributed by atoms with Crippen molar-refractivity contribution in [3.8, 4) is 0 Å². The standard InChI is InChI=1S/C15H18O5/c1-15(2)19-13-12(11(8-16)18-14(13)20-15)17-9-10-6-4-3-5-7-10/h3-8,11-14H,9H2,1-2H3/t11-,12+,13-,14+/m1/s1. The van der Waals surface area contributed by atoms with Crippen molar-refractivity contribution >= 4 is 6.29 Å². The summed E-state index contributed by atoms with van der Waals surface area (Å²) in [5.41, 5.74) is 1.04. The summed E-state index contributed by atoms with van der Waals surface area (Å²) < 4.78 is 22.7. The lowest BCUT2D eigenvalue weighted by atomic mass is 10.1. The molecule has 0 aliphatic carbocycles. The van der Waals surface area contributed by atoms with Crippen LogP contribution in [0.5, 0.6) is 0 Å². The first-order chi connectivity index (χ1) is 9.59. The van der Waals surface area contributed by atoms with Gasteiger partial charge in [0, 0.05) is 0 Å². The largest absolute Gasteiger partial charge is 0.367 e. The van der Waals surface area contributed by atoms with Crippen molar-refractivity contribution in [3.05, 3.63) is 35.9 Å². The molecule has 5 nitrogen and oxygen atoms in total. The maximum atomic E-state index is 11.1. The van der Waals surface area contributed by atoms with Crippen molar-refractivity contribution in [1.82, 2.24) is 0 Å². The van der Waals surface area contributed by atoms with Gasteiger partial charge >= 0.3 is 0 Å². The Morgan fingerprint density at radius 2 is 2.00 bits per heavy atom. The first-order valence-electron chi connectivity index (χ1n) is 6.71. The van der Waals surface area contributed by atoms with Crippen molar-refractivity contribution in [3.63, 3.8) is 0 Å². The molecular weight excluding hydrogens is 260 g/mol. The van der Waals surface area contributed by atoms with E-state index in [1.165, 1.54) is 0 Å². The van der Waals surface area contributed by atoms with E-state index in [4.69, 9.17) is 18.9 Å². The van der Waals surface area contributed by atoms with Crippen LogP contribution in [-0.4, -0.2) is 36.7 Å². The molecule has 2 fully saturated rings. The van der Waals surface area contributed by atoms with Crippen LogP contribution in [0.4, 0.5) is 0 Å². The van der Waals surface area contributed by atoms with E-state index in [0.29, 0.717) is 6.61 Å². The second kappa shape index (κ2) is 5.26. The van der Waals surface area contributed by atoms with E-state index in [0.717, 1.165) is 11.8 Å². The summed E-state index contributed by atoms with van der Waals surface area (Å²) in [4.78, 5) is 11.1. The van der Waals surface area contributed by atoms with Crippen LogP contribution in [0.15, 0.2) is 30.3 Å². The highest BCUT2D eigenvalue weighted by molar-refractivity contribution is 5.58. The summed E-state index contributed by atoms with van der Waals surface area (Å²) in [5, 5.41) is 0. The molecule has 0 spiro atoms. The maximum absolute atomic E-state index is 11.1. The lowest BCUT2D eigenvalue weighted by Crippen LogP contribution is -2.37. The normalized spacial score (nSPS) is 34.9. The summed E-state index contributed by atoms with van der Waals surface area (Å²) in [7, 11) is 0. The van der Waals surface area contributed by atoms with Crippen molar-refractivity contribution in [2.75, 3.05) is 0 Å². The van der Waals surface area contributed by atoms with Gasteiger partial charge in [0.25, 0.3) is 0 Å². The van der Waals surface area contributed by atoms with E-state index in [1.807, 2.05) is 44.2 Å². The molecule has 2 aliphatic heterocycles. The van der Waals surface area contributed by atoms with Crippen LogP contribution in [0.25, 0.3) is 0 Å². The van der Waals surface area contributed by atoms with E-state index in [-0.39, 0.29) is 6.10 Å². The summed E-state index contributed by atoms with van der Waals surface area (Å²) in [6, 6.07) is 9.78. The van der Waals surface area contributed by atoms with Gasteiger partial charge in [0.15, 0.2) is 18.4 Å². The number of carbonyl (C=O) groups excluding carboxylic acids is 1. The molecule has 108 valence electrons. The summed E-state index contributed by atoms with van der Waals surface area (Å²) in [5.74, 6) is -0.711. The monoisotopic (exact) mass is 278 g/mol. The van der Waals surface area contributed by atoms with E-state index < -0.39 is 24.3 Å². The maximum Gasteiger partial charge on any atom is 0.190 e. The molecule has 0 unspecified atom stereocenters. The molecular formula is C15H18O5. The first-order valence-corrected chi connectivity index (χ1v) is 6.71. The molecule has 0 saturated carbocycles. The second-order valence-electron chi connectivity index (χ2n) is 5.47. The average molecular weight is 278 g/mol. The van der Waals surface area contributed by atoms with Crippen LogP contribution in [0, 0.1) is 0 Å². The number of rotatable bonds is 4. The van der Waals surface area contributed by atoms with Gasteiger partial charge < -0.3 is 23.7 Å². The van der Waals surface area contributed by atoms with Crippen LogP contribution in [0.1, 0.15) is 19.4 Å². The van der Waals surface area contributed by atoms with E-state index >= 15 is 0 Å². The molecule has 0 amide bonds. The number of benzene rings is 1. The average Bonchev–Trinajstić information content (AvgIpc) is 2.89. The van der Waals surface area contributed by atoms with Gasteiger partial charge in [0.2, 0.25) is 0 Å². The lowest BCUT2D eigenvalue weighted by Gasteiger charge is -2.23. The zero-order valence-electron chi connectivity index (χ0n) is 11.5. The Hall–Kier alpha value is -1.27. The molecule has 1 aromatic rings.